The van der Waals surface area contributed by atoms with Gasteiger partial charge in [-0.3, -0.25) is 9.69 Å². The van der Waals surface area contributed by atoms with Gasteiger partial charge in [-0.05, 0) is 57.1 Å². The standard InChI is InChI=1S/C22H27N3O2S2/c1-5-28-18-12-7-6-10-16(18)21(26)25(15-9-14-24(2)3)22-23-20-17(27-4)11-8-13-19(20)29-22/h6-8,10-13H,5,9,14-15H2,1-4H3. The van der Waals surface area contributed by atoms with Gasteiger partial charge in [-0.15, -0.1) is 11.8 Å². The maximum Gasteiger partial charge on any atom is 0.261 e. The monoisotopic (exact) mass is 429 g/mol. The largest absolute Gasteiger partial charge is 0.494 e. The summed E-state index contributed by atoms with van der Waals surface area (Å²) in [5, 5.41) is 0.713. The third kappa shape index (κ3) is 5.10. The van der Waals surface area contributed by atoms with Gasteiger partial charge in [0.1, 0.15) is 11.3 Å². The summed E-state index contributed by atoms with van der Waals surface area (Å²) in [4.78, 5) is 23.3. The summed E-state index contributed by atoms with van der Waals surface area (Å²) in [7, 11) is 5.73. The number of carbonyl (C=O) groups excluding carboxylic acids is 1. The number of hydrogen-bond donors (Lipinski definition) is 0. The molecule has 3 rings (SSSR count). The highest BCUT2D eigenvalue weighted by Crippen LogP contribution is 2.35. The Morgan fingerprint density at radius 3 is 2.66 bits per heavy atom. The van der Waals surface area contributed by atoms with Crippen molar-refractivity contribution in [3.8, 4) is 5.75 Å². The molecule has 0 N–H and O–H groups in total. The molecule has 1 aromatic heterocycles. The molecule has 0 bridgehead atoms. The van der Waals surface area contributed by atoms with Crippen molar-refractivity contribution in [3.63, 3.8) is 0 Å². The van der Waals surface area contributed by atoms with Crippen LogP contribution in [0.15, 0.2) is 47.4 Å². The number of ether oxygens (including phenoxy) is 1. The van der Waals surface area contributed by atoms with E-state index in [2.05, 4.69) is 11.8 Å². The number of methoxy groups -OCH3 is 1. The number of amides is 1. The molecule has 7 heteroatoms. The lowest BCUT2D eigenvalue weighted by Gasteiger charge is -2.22. The minimum atomic E-state index is -0.00155. The van der Waals surface area contributed by atoms with Gasteiger partial charge < -0.3 is 9.64 Å². The van der Waals surface area contributed by atoms with Gasteiger partial charge in [0.2, 0.25) is 0 Å². The lowest BCUT2D eigenvalue weighted by molar-refractivity contribution is 0.0983. The molecular formula is C22H27N3O2S2. The Kier molecular flexibility index (Phi) is 7.52. The topological polar surface area (TPSA) is 45.7 Å². The quantitative estimate of drug-likeness (QED) is 0.447. The smallest absolute Gasteiger partial charge is 0.261 e. The second-order valence-corrected chi connectivity index (χ2v) is 9.16. The minimum Gasteiger partial charge on any atom is -0.494 e. The average Bonchev–Trinajstić information content (AvgIpc) is 3.15. The number of hydrogen-bond acceptors (Lipinski definition) is 6. The summed E-state index contributed by atoms with van der Waals surface area (Å²) in [6.45, 7) is 3.62. The predicted octanol–water partition coefficient (Wildman–Crippen LogP) is 5.02. The third-order valence-electron chi connectivity index (χ3n) is 4.47. The zero-order chi connectivity index (χ0) is 20.8. The molecule has 0 unspecified atom stereocenters. The Morgan fingerprint density at radius 2 is 1.93 bits per heavy atom. The average molecular weight is 430 g/mol. The van der Waals surface area contributed by atoms with Gasteiger partial charge in [0, 0.05) is 11.4 Å². The highest BCUT2D eigenvalue weighted by atomic mass is 32.2. The number of anilines is 1. The third-order valence-corrected chi connectivity index (χ3v) is 6.47. The molecular weight excluding hydrogens is 402 g/mol. The van der Waals surface area contributed by atoms with E-state index in [-0.39, 0.29) is 5.91 Å². The van der Waals surface area contributed by atoms with Crippen LogP contribution in [0, 0.1) is 0 Å². The number of rotatable bonds is 9. The molecule has 0 spiro atoms. The summed E-state index contributed by atoms with van der Waals surface area (Å²) in [6.07, 6.45) is 0.870. The van der Waals surface area contributed by atoms with Crippen molar-refractivity contribution in [2.75, 3.05) is 44.9 Å². The highest BCUT2D eigenvalue weighted by molar-refractivity contribution is 7.99. The van der Waals surface area contributed by atoms with Crippen LogP contribution in [0.25, 0.3) is 10.2 Å². The zero-order valence-corrected chi connectivity index (χ0v) is 19.0. The lowest BCUT2D eigenvalue weighted by Crippen LogP contribution is -2.33. The number of nitrogens with zero attached hydrogens (tertiary/aromatic N) is 3. The van der Waals surface area contributed by atoms with E-state index in [1.807, 2.05) is 61.5 Å². The fourth-order valence-electron chi connectivity index (χ4n) is 3.09. The van der Waals surface area contributed by atoms with Crippen LogP contribution in [0.2, 0.25) is 0 Å². The van der Waals surface area contributed by atoms with Crippen LogP contribution in [0.5, 0.6) is 5.75 Å². The Morgan fingerprint density at radius 1 is 1.14 bits per heavy atom. The Balaban J connectivity index is 2.00. The minimum absolute atomic E-state index is 0.00155. The van der Waals surface area contributed by atoms with Crippen LogP contribution < -0.4 is 9.64 Å². The molecule has 0 fully saturated rings. The van der Waals surface area contributed by atoms with Gasteiger partial charge in [0.15, 0.2) is 5.13 Å². The first-order chi connectivity index (χ1) is 14.0. The molecule has 3 aromatic rings. The van der Waals surface area contributed by atoms with Crippen LogP contribution >= 0.6 is 23.1 Å². The van der Waals surface area contributed by atoms with Gasteiger partial charge in [0.25, 0.3) is 5.91 Å². The summed E-state index contributed by atoms with van der Waals surface area (Å²) in [5.74, 6) is 1.65. The van der Waals surface area contributed by atoms with Gasteiger partial charge >= 0.3 is 0 Å². The Bertz CT molecular complexity index is 972. The van der Waals surface area contributed by atoms with E-state index in [1.165, 1.54) is 11.3 Å². The van der Waals surface area contributed by atoms with Crippen molar-refractivity contribution in [1.82, 2.24) is 9.88 Å². The summed E-state index contributed by atoms with van der Waals surface area (Å²) in [5.41, 5.74) is 1.53. The van der Waals surface area contributed by atoms with Gasteiger partial charge in [-0.1, -0.05) is 36.5 Å². The molecule has 0 aliphatic heterocycles. The number of carbonyl (C=O) groups is 1. The molecule has 0 aliphatic carbocycles. The molecule has 1 amide bonds. The second-order valence-electron chi connectivity index (χ2n) is 6.85. The fourth-order valence-corrected chi connectivity index (χ4v) is 4.90. The van der Waals surface area contributed by atoms with E-state index < -0.39 is 0 Å². The SMILES string of the molecule is CCSc1ccccc1C(=O)N(CCCN(C)C)c1nc2c(OC)cccc2s1. The molecule has 0 saturated carbocycles. The number of fused-ring (bicyclic) bond motifs is 1. The van der Waals surface area contributed by atoms with Crippen molar-refractivity contribution in [1.29, 1.82) is 0 Å². The van der Waals surface area contributed by atoms with E-state index in [9.17, 15) is 4.79 Å². The number of aromatic nitrogens is 1. The summed E-state index contributed by atoms with van der Waals surface area (Å²) >= 11 is 3.22. The summed E-state index contributed by atoms with van der Waals surface area (Å²) in [6, 6.07) is 13.7. The van der Waals surface area contributed by atoms with Crippen molar-refractivity contribution in [2.45, 2.75) is 18.2 Å². The van der Waals surface area contributed by atoms with E-state index in [0.29, 0.717) is 11.7 Å². The Hall–Kier alpha value is -2.09. The van der Waals surface area contributed by atoms with Crippen LogP contribution in [-0.2, 0) is 0 Å². The molecule has 0 radical (unpaired) electrons. The summed E-state index contributed by atoms with van der Waals surface area (Å²) < 4.78 is 6.47. The predicted molar refractivity (Wildman–Crippen MR) is 124 cm³/mol. The van der Waals surface area contributed by atoms with E-state index in [0.717, 1.165) is 45.1 Å². The molecule has 5 nitrogen and oxygen atoms in total. The van der Waals surface area contributed by atoms with Crippen LogP contribution in [0.1, 0.15) is 23.7 Å². The number of benzene rings is 2. The number of para-hydroxylation sites is 1. The maximum atomic E-state index is 13.6. The first kappa shape index (κ1) is 21.6. The normalized spacial score (nSPS) is 11.2. The van der Waals surface area contributed by atoms with Crippen LogP contribution in [0.4, 0.5) is 5.13 Å². The van der Waals surface area contributed by atoms with Crippen LogP contribution in [0.3, 0.4) is 0 Å². The molecule has 2 aromatic carbocycles. The van der Waals surface area contributed by atoms with Crippen molar-refractivity contribution in [2.24, 2.45) is 0 Å². The van der Waals surface area contributed by atoms with Crippen molar-refractivity contribution >= 4 is 44.4 Å². The van der Waals surface area contributed by atoms with E-state index in [1.54, 1.807) is 18.9 Å². The lowest BCUT2D eigenvalue weighted by atomic mass is 10.2. The van der Waals surface area contributed by atoms with Crippen molar-refractivity contribution in [3.05, 3.63) is 48.0 Å². The molecule has 29 heavy (non-hydrogen) atoms. The van der Waals surface area contributed by atoms with Gasteiger partial charge in [-0.25, -0.2) is 4.98 Å². The molecule has 1 heterocycles. The van der Waals surface area contributed by atoms with E-state index >= 15 is 0 Å². The van der Waals surface area contributed by atoms with Gasteiger partial charge in [0.05, 0.1) is 17.4 Å². The fraction of sp³-hybridized carbons (Fsp3) is 0.364. The number of thioether (sulfide) groups is 1. The van der Waals surface area contributed by atoms with E-state index in [4.69, 9.17) is 9.72 Å². The molecule has 0 saturated heterocycles. The molecule has 0 aliphatic rings. The Labute approximate surface area is 180 Å². The molecule has 0 atom stereocenters. The van der Waals surface area contributed by atoms with Gasteiger partial charge in [-0.2, -0.15) is 0 Å². The highest BCUT2D eigenvalue weighted by Gasteiger charge is 2.24. The van der Waals surface area contributed by atoms with Crippen LogP contribution in [-0.4, -0.2) is 55.8 Å². The maximum absolute atomic E-state index is 13.6. The molecule has 154 valence electrons. The first-order valence-electron chi connectivity index (χ1n) is 9.67. The number of thiazole rings is 1. The van der Waals surface area contributed by atoms with Crippen molar-refractivity contribution < 1.29 is 9.53 Å². The second kappa shape index (κ2) is 10.1. The first-order valence-corrected chi connectivity index (χ1v) is 11.5. The zero-order valence-electron chi connectivity index (χ0n) is 17.3.